The number of hydroxylamine groups is 1. The monoisotopic (exact) mass is 193 g/mol. The Morgan fingerprint density at radius 1 is 1.50 bits per heavy atom. The summed E-state index contributed by atoms with van der Waals surface area (Å²) in [6.45, 7) is 0.667. The van der Waals surface area contributed by atoms with Crippen LogP contribution in [0.3, 0.4) is 0 Å². The first-order valence-corrected chi connectivity index (χ1v) is 4.82. The molecule has 3 heteroatoms. The maximum absolute atomic E-state index is 9.90. The molecule has 0 saturated heterocycles. The van der Waals surface area contributed by atoms with Crippen molar-refractivity contribution in [2.45, 2.75) is 25.0 Å². The summed E-state index contributed by atoms with van der Waals surface area (Å²) < 4.78 is 0. The highest BCUT2D eigenvalue weighted by Crippen LogP contribution is 2.45. The van der Waals surface area contributed by atoms with Gasteiger partial charge in [0, 0.05) is 6.54 Å². The molecule has 0 spiro atoms. The van der Waals surface area contributed by atoms with E-state index in [0.717, 1.165) is 24.0 Å². The Labute approximate surface area is 83.7 Å². The van der Waals surface area contributed by atoms with Crippen molar-refractivity contribution in [1.82, 2.24) is 5.48 Å². The standard InChI is InChI=1S/C11H15NO2/c1-14-12-8-9-3-2-4-10(7-9)11(13)5-6-11/h2-4,7,12-13H,5-6,8H2,1H3. The second kappa shape index (κ2) is 3.69. The molecule has 76 valence electrons. The molecule has 1 aliphatic carbocycles. The summed E-state index contributed by atoms with van der Waals surface area (Å²) in [6.07, 6.45) is 1.77. The Hall–Kier alpha value is -0.900. The van der Waals surface area contributed by atoms with Crippen LogP contribution in [0.2, 0.25) is 0 Å². The molecular weight excluding hydrogens is 178 g/mol. The van der Waals surface area contributed by atoms with E-state index in [-0.39, 0.29) is 0 Å². The minimum absolute atomic E-state index is 0.539. The van der Waals surface area contributed by atoms with Gasteiger partial charge in [0.15, 0.2) is 0 Å². The second-order valence-electron chi connectivity index (χ2n) is 3.76. The number of aliphatic hydroxyl groups is 1. The van der Waals surface area contributed by atoms with E-state index in [0.29, 0.717) is 6.54 Å². The van der Waals surface area contributed by atoms with Gasteiger partial charge in [-0.1, -0.05) is 24.3 Å². The van der Waals surface area contributed by atoms with Gasteiger partial charge < -0.3 is 9.94 Å². The average molecular weight is 193 g/mol. The Kier molecular flexibility index (Phi) is 2.54. The molecule has 2 N–H and O–H groups in total. The van der Waals surface area contributed by atoms with Crippen molar-refractivity contribution < 1.29 is 9.94 Å². The van der Waals surface area contributed by atoms with Gasteiger partial charge in [-0.15, -0.1) is 0 Å². The molecule has 0 atom stereocenters. The summed E-state index contributed by atoms with van der Waals surface area (Å²) in [5.41, 5.74) is 4.39. The zero-order valence-electron chi connectivity index (χ0n) is 8.29. The molecule has 1 aromatic carbocycles. The largest absolute Gasteiger partial charge is 0.385 e. The third kappa shape index (κ3) is 1.95. The molecule has 0 amide bonds. The van der Waals surface area contributed by atoms with Crippen molar-refractivity contribution in [3.63, 3.8) is 0 Å². The number of rotatable bonds is 4. The summed E-state index contributed by atoms with van der Waals surface area (Å²) in [4.78, 5) is 4.77. The minimum atomic E-state index is -0.539. The van der Waals surface area contributed by atoms with Gasteiger partial charge in [-0.25, -0.2) is 0 Å². The van der Waals surface area contributed by atoms with Crippen LogP contribution >= 0.6 is 0 Å². The molecule has 1 fully saturated rings. The lowest BCUT2D eigenvalue weighted by atomic mass is 10.0. The number of nitrogens with one attached hydrogen (secondary N) is 1. The van der Waals surface area contributed by atoms with Crippen LogP contribution in [0.15, 0.2) is 24.3 Å². The van der Waals surface area contributed by atoms with Crippen molar-refractivity contribution >= 4 is 0 Å². The second-order valence-corrected chi connectivity index (χ2v) is 3.76. The molecule has 1 aromatic rings. The van der Waals surface area contributed by atoms with Crippen LogP contribution < -0.4 is 5.48 Å². The number of benzene rings is 1. The fourth-order valence-electron chi connectivity index (χ4n) is 1.53. The molecule has 14 heavy (non-hydrogen) atoms. The zero-order valence-corrected chi connectivity index (χ0v) is 8.29. The Bertz CT molecular complexity index is 321. The Balaban J connectivity index is 2.11. The summed E-state index contributed by atoms with van der Waals surface area (Å²) in [7, 11) is 1.60. The molecule has 1 saturated carbocycles. The smallest absolute Gasteiger partial charge is 0.0899 e. The van der Waals surface area contributed by atoms with Gasteiger partial charge in [-0.05, 0) is 24.0 Å². The lowest BCUT2D eigenvalue weighted by Gasteiger charge is -2.09. The van der Waals surface area contributed by atoms with Crippen LogP contribution in [-0.4, -0.2) is 12.2 Å². The van der Waals surface area contributed by atoms with E-state index in [1.165, 1.54) is 0 Å². The van der Waals surface area contributed by atoms with E-state index in [1.807, 2.05) is 24.3 Å². The highest BCUT2D eigenvalue weighted by molar-refractivity contribution is 5.31. The predicted octanol–water partition coefficient (Wildman–Crippen LogP) is 1.32. The van der Waals surface area contributed by atoms with E-state index in [1.54, 1.807) is 7.11 Å². The van der Waals surface area contributed by atoms with Gasteiger partial charge in [0.05, 0.1) is 12.7 Å². The van der Waals surface area contributed by atoms with Gasteiger partial charge in [-0.3, -0.25) is 0 Å². The van der Waals surface area contributed by atoms with Crippen molar-refractivity contribution in [2.24, 2.45) is 0 Å². The minimum Gasteiger partial charge on any atom is -0.385 e. The molecule has 0 bridgehead atoms. The first-order chi connectivity index (χ1) is 6.74. The zero-order chi connectivity index (χ0) is 10.0. The third-order valence-electron chi connectivity index (χ3n) is 2.61. The van der Waals surface area contributed by atoms with Crippen LogP contribution in [0.1, 0.15) is 24.0 Å². The van der Waals surface area contributed by atoms with E-state index in [9.17, 15) is 5.11 Å². The van der Waals surface area contributed by atoms with Crippen LogP contribution in [0.5, 0.6) is 0 Å². The third-order valence-corrected chi connectivity index (χ3v) is 2.61. The normalized spacial score (nSPS) is 18.1. The first-order valence-electron chi connectivity index (χ1n) is 4.82. The van der Waals surface area contributed by atoms with Crippen molar-refractivity contribution in [3.05, 3.63) is 35.4 Å². The quantitative estimate of drug-likeness (QED) is 0.709. The van der Waals surface area contributed by atoms with Gasteiger partial charge in [0.1, 0.15) is 0 Å². The van der Waals surface area contributed by atoms with Gasteiger partial charge in [0.2, 0.25) is 0 Å². The number of hydrogen-bond donors (Lipinski definition) is 2. The lowest BCUT2D eigenvalue weighted by molar-refractivity contribution is 0.0865. The van der Waals surface area contributed by atoms with Gasteiger partial charge in [-0.2, -0.15) is 5.48 Å². The van der Waals surface area contributed by atoms with Crippen LogP contribution in [0.4, 0.5) is 0 Å². The molecular formula is C11H15NO2. The molecule has 0 radical (unpaired) electrons. The molecule has 0 aromatic heterocycles. The maximum Gasteiger partial charge on any atom is 0.0899 e. The van der Waals surface area contributed by atoms with Gasteiger partial charge >= 0.3 is 0 Å². The molecule has 0 heterocycles. The first kappa shape index (κ1) is 9.65. The van der Waals surface area contributed by atoms with Crippen molar-refractivity contribution in [3.8, 4) is 0 Å². The van der Waals surface area contributed by atoms with E-state index < -0.39 is 5.60 Å². The highest BCUT2D eigenvalue weighted by Gasteiger charge is 2.41. The highest BCUT2D eigenvalue weighted by atomic mass is 16.6. The SMILES string of the molecule is CONCc1cccc(C2(O)CC2)c1. The van der Waals surface area contributed by atoms with Crippen LogP contribution in [0.25, 0.3) is 0 Å². The van der Waals surface area contributed by atoms with E-state index in [2.05, 4.69) is 5.48 Å². The summed E-state index contributed by atoms with van der Waals surface area (Å²) >= 11 is 0. The predicted molar refractivity (Wildman–Crippen MR) is 53.4 cm³/mol. The van der Waals surface area contributed by atoms with Gasteiger partial charge in [0.25, 0.3) is 0 Å². The fourth-order valence-corrected chi connectivity index (χ4v) is 1.53. The molecule has 3 nitrogen and oxygen atoms in total. The topological polar surface area (TPSA) is 41.5 Å². The Morgan fingerprint density at radius 2 is 2.29 bits per heavy atom. The van der Waals surface area contributed by atoms with Crippen molar-refractivity contribution in [2.75, 3.05) is 7.11 Å². The summed E-state index contributed by atoms with van der Waals surface area (Å²) in [6, 6.07) is 7.99. The molecule has 2 rings (SSSR count). The maximum atomic E-state index is 9.90. The molecule has 0 aliphatic heterocycles. The van der Waals surface area contributed by atoms with Crippen LogP contribution in [0, 0.1) is 0 Å². The van der Waals surface area contributed by atoms with Crippen molar-refractivity contribution in [1.29, 1.82) is 0 Å². The van der Waals surface area contributed by atoms with E-state index >= 15 is 0 Å². The average Bonchev–Trinajstić information content (AvgIpc) is 2.95. The summed E-state index contributed by atoms with van der Waals surface area (Å²) in [5, 5.41) is 9.90. The lowest BCUT2D eigenvalue weighted by Crippen LogP contribution is -2.12. The molecule has 0 unspecified atom stereocenters. The number of hydrogen-bond acceptors (Lipinski definition) is 3. The molecule has 1 aliphatic rings. The Morgan fingerprint density at radius 3 is 2.93 bits per heavy atom. The van der Waals surface area contributed by atoms with Crippen LogP contribution in [-0.2, 0) is 17.0 Å². The van der Waals surface area contributed by atoms with E-state index in [4.69, 9.17) is 4.84 Å². The fraction of sp³-hybridized carbons (Fsp3) is 0.455. The summed E-state index contributed by atoms with van der Waals surface area (Å²) in [5.74, 6) is 0.